The predicted octanol–water partition coefficient (Wildman–Crippen LogP) is 3.66. The molecule has 0 radical (unpaired) electrons. The van der Waals surface area contributed by atoms with Gasteiger partial charge in [-0.3, -0.25) is 9.80 Å². The van der Waals surface area contributed by atoms with Crippen LogP contribution in [-0.2, 0) is 0 Å². The van der Waals surface area contributed by atoms with Crippen LogP contribution in [0.5, 0.6) is 0 Å². The fourth-order valence-corrected chi connectivity index (χ4v) is 4.01. The molecule has 0 amide bonds. The molecule has 0 N–H and O–H groups in total. The second-order valence-electron chi connectivity index (χ2n) is 6.62. The molecule has 0 bridgehead atoms. The van der Waals surface area contributed by atoms with E-state index in [1.807, 2.05) is 0 Å². The Balaban J connectivity index is 1.99. The summed E-state index contributed by atoms with van der Waals surface area (Å²) in [6, 6.07) is 0. The predicted molar refractivity (Wildman–Crippen MR) is 92.1 cm³/mol. The second kappa shape index (κ2) is 6.73. The van der Waals surface area contributed by atoms with E-state index < -0.39 is 0 Å². The quantitative estimate of drug-likeness (QED) is 0.564. The van der Waals surface area contributed by atoms with Gasteiger partial charge in [-0.25, -0.2) is 0 Å². The third-order valence-corrected chi connectivity index (χ3v) is 5.23. The monoisotopic (exact) mass is 294 g/mol. The summed E-state index contributed by atoms with van der Waals surface area (Å²) in [6.45, 7) is 11.7. The zero-order chi connectivity index (χ0) is 14.8. The van der Waals surface area contributed by atoms with Crippen LogP contribution in [0.15, 0.2) is 22.5 Å². The number of nitrogens with zero attached hydrogens (tertiary/aromatic N) is 2. The smallest absolute Gasteiger partial charge is 0.0460 e. The van der Waals surface area contributed by atoms with Gasteiger partial charge in [0.05, 0.1) is 0 Å². The van der Waals surface area contributed by atoms with Gasteiger partial charge in [-0.05, 0) is 51.8 Å². The number of hydrogen-bond donors (Lipinski definition) is 0. The maximum absolute atomic E-state index is 2.81. The molecule has 2 heterocycles. The molecule has 2 nitrogen and oxygen atoms in total. The van der Waals surface area contributed by atoms with Crippen molar-refractivity contribution in [2.24, 2.45) is 0 Å². The van der Waals surface area contributed by atoms with E-state index in [4.69, 9.17) is 0 Å². The van der Waals surface area contributed by atoms with Crippen LogP contribution in [0.1, 0.15) is 46.5 Å². The van der Waals surface area contributed by atoms with E-state index in [2.05, 4.69) is 52.9 Å². The van der Waals surface area contributed by atoms with Crippen LogP contribution >= 0.6 is 9.24 Å². The Kier molecular flexibility index (Phi) is 5.45. The number of allylic oxidation sites excluding steroid dienone is 3. The molecule has 0 aliphatic carbocycles. The van der Waals surface area contributed by atoms with Crippen LogP contribution < -0.4 is 0 Å². The number of rotatable bonds is 5. The van der Waals surface area contributed by atoms with Crippen LogP contribution in [0.4, 0.5) is 0 Å². The van der Waals surface area contributed by atoms with E-state index in [0.717, 1.165) is 6.42 Å². The average molecular weight is 294 g/mol. The first-order valence-electron chi connectivity index (χ1n) is 8.09. The van der Waals surface area contributed by atoms with Crippen molar-refractivity contribution in [3.05, 3.63) is 22.5 Å². The fourth-order valence-electron chi connectivity index (χ4n) is 3.81. The van der Waals surface area contributed by atoms with E-state index in [1.165, 1.54) is 50.8 Å². The highest BCUT2D eigenvalue weighted by molar-refractivity contribution is 7.22. The van der Waals surface area contributed by atoms with Gasteiger partial charge in [-0.1, -0.05) is 30.8 Å². The average Bonchev–Trinajstić information content (AvgIpc) is 2.74. The molecule has 2 rings (SSSR count). The lowest BCUT2D eigenvalue weighted by Crippen LogP contribution is -2.66. The van der Waals surface area contributed by atoms with Gasteiger partial charge < -0.3 is 0 Å². The summed E-state index contributed by atoms with van der Waals surface area (Å²) in [6.07, 6.45) is 7.46. The zero-order valence-electron chi connectivity index (χ0n) is 13.7. The van der Waals surface area contributed by atoms with Crippen LogP contribution in [0.25, 0.3) is 0 Å². The maximum Gasteiger partial charge on any atom is 0.0460 e. The largest absolute Gasteiger partial charge is 0.298 e. The number of hydrogen-bond acceptors (Lipinski definition) is 2. The summed E-state index contributed by atoms with van der Waals surface area (Å²) in [5, 5.41) is 1.34. The second-order valence-corrected chi connectivity index (χ2v) is 7.53. The highest BCUT2D eigenvalue weighted by Gasteiger charge is 2.48. The van der Waals surface area contributed by atoms with Gasteiger partial charge in [0.25, 0.3) is 0 Å². The lowest BCUT2D eigenvalue weighted by Gasteiger charge is -2.52. The molecule has 2 saturated heterocycles. The molecular formula is C17H31N2P. The number of likely N-dealkylation sites (tertiary alicyclic amines) is 2. The van der Waals surface area contributed by atoms with Gasteiger partial charge in [0.15, 0.2) is 0 Å². The summed E-state index contributed by atoms with van der Waals surface area (Å²) < 4.78 is 0. The van der Waals surface area contributed by atoms with Crippen molar-refractivity contribution in [3.8, 4) is 0 Å². The first kappa shape index (κ1) is 16.2. The standard InChI is InChI=1S/C17H31N2P/c1-5-15(10-14(3)20)16(6-2)11-19-12-17(13-19)8-7-9-18(17)4/h10H,5-9,11-13,20H2,1-4H3/b14-10+,16-15-. The van der Waals surface area contributed by atoms with E-state index in [9.17, 15) is 0 Å². The molecule has 20 heavy (non-hydrogen) atoms. The van der Waals surface area contributed by atoms with E-state index in [0.29, 0.717) is 5.54 Å². The lowest BCUT2D eigenvalue weighted by atomic mass is 9.86. The molecule has 1 unspecified atom stereocenters. The molecule has 0 aromatic rings. The van der Waals surface area contributed by atoms with Crippen molar-refractivity contribution in [2.75, 3.05) is 33.2 Å². The number of likely N-dealkylation sites (N-methyl/N-ethyl adjacent to an activating group) is 1. The van der Waals surface area contributed by atoms with Crippen molar-refractivity contribution >= 4 is 9.24 Å². The van der Waals surface area contributed by atoms with Crippen molar-refractivity contribution < 1.29 is 0 Å². The Bertz CT molecular complexity index is 401. The van der Waals surface area contributed by atoms with Gasteiger partial charge in [-0.15, -0.1) is 9.24 Å². The minimum atomic E-state index is 0.525. The lowest BCUT2D eigenvalue weighted by molar-refractivity contribution is -0.0109. The highest BCUT2D eigenvalue weighted by Crippen LogP contribution is 2.37. The summed E-state index contributed by atoms with van der Waals surface area (Å²) >= 11 is 0. The first-order valence-corrected chi connectivity index (χ1v) is 8.66. The molecule has 0 aromatic carbocycles. The van der Waals surface area contributed by atoms with Crippen LogP contribution in [0, 0.1) is 0 Å². The van der Waals surface area contributed by atoms with Crippen molar-refractivity contribution in [2.45, 2.75) is 52.0 Å². The van der Waals surface area contributed by atoms with E-state index >= 15 is 0 Å². The maximum atomic E-state index is 2.81. The van der Waals surface area contributed by atoms with Gasteiger partial charge in [0.1, 0.15) is 0 Å². The molecule has 1 atom stereocenters. The van der Waals surface area contributed by atoms with Crippen LogP contribution in [0.3, 0.4) is 0 Å². The minimum absolute atomic E-state index is 0.525. The van der Waals surface area contributed by atoms with Gasteiger partial charge in [0.2, 0.25) is 0 Å². The van der Waals surface area contributed by atoms with Crippen LogP contribution in [-0.4, -0.2) is 48.6 Å². The van der Waals surface area contributed by atoms with Gasteiger partial charge in [0, 0.05) is 25.2 Å². The molecule has 0 aromatic heterocycles. The van der Waals surface area contributed by atoms with E-state index in [1.54, 1.807) is 11.1 Å². The molecular weight excluding hydrogens is 263 g/mol. The van der Waals surface area contributed by atoms with Crippen molar-refractivity contribution in [3.63, 3.8) is 0 Å². The Hall–Kier alpha value is -0.170. The first-order chi connectivity index (χ1) is 9.50. The Labute approximate surface area is 127 Å². The highest BCUT2D eigenvalue weighted by atomic mass is 31.0. The molecule has 3 heteroatoms. The zero-order valence-corrected chi connectivity index (χ0v) is 14.9. The Morgan fingerprint density at radius 1 is 1.25 bits per heavy atom. The minimum Gasteiger partial charge on any atom is -0.298 e. The van der Waals surface area contributed by atoms with Gasteiger partial charge in [-0.2, -0.15) is 0 Å². The molecule has 2 aliphatic heterocycles. The summed E-state index contributed by atoms with van der Waals surface area (Å²) in [4.78, 5) is 5.23. The molecule has 114 valence electrons. The third-order valence-electron chi connectivity index (χ3n) is 5.06. The summed E-state index contributed by atoms with van der Waals surface area (Å²) in [5.74, 6) is 0. The van der Waals surface area contributed by atoms with Crippen LogP contribution in [0.2, 0.25) is 0 Å². The third kappa shape index (κ3) is 3.35. The molecule has 1 spiro atoms. The van der Waals surface area contributed by atoms with E-state index in [-0.39, 0.29) is 0 Å². The normalized spacial score (nSPS) is 24.9. The molecule has 0 saturated carbocycles. The fraction of sp³-hybridized carbons (Fsp3) is 0.765. The Morgan fingerprint density at radius 2 is 1.95 bits per heavy atom. The molecule has 2 aliphatic rings. The van der Waals surface area contributed by atoms with Crippen molar-refractivity contribution in [1.29, 1.82) is 0 Å². The van der Waals surface area contributed by atoms with Crippen molar-refractivity contribution in [1.82, 2.24) is 9.80 Å². The summed E-state index contributed by atoms with van der Waals surface area (Å²) in [5.41, 5.74) is 3.70. The van der Waals surface area contributed by atoms with Gasteiger partial charge >= 0.3 is 0 Å². The summed E-state index contributed by atoms with van der Waals surface area (Å²) in [7, 11) is 5.12. The SMILES string of the molecule is CCC(/C=C(\C)P)=C(\CC)CN1CC2(CCCN2C)C1. The Morgan fingerprint density at radius 3 is 2.40 bits per heavy atom. The topological polar surface area (TPSA) is 6.48 Å². The molecule has 2 fully saturated rings.